The fourth-order valence-corrected chi connectivity index (χ4v) is 4.27. The molecular weight excluding hydrogens is 425 g/mol. The van der Waals surface area contributed by atoms with Gasteiger partial charge in [0.1, 0.15) is 12.4 Å². The van der Waals surface area contributed by atoms with E-state index in [9.17, 15) is 27.9 Å². The number of benzene rings is 1. The van der Waals surface area contributed by atoms with Crippen molar-refractivity contribution in [3.8, 4) is 0 Å². The fourth-order valence-electron chi connectivity index (χ4n) is 4.27. The molecule has 0 aromatic heterocycles. The van der Waals surface area contributed by atoms with Gasteiger partial charge < -0.3 is 15.3 Å². The summed E-state index contributed by atoms with van der Waals surface area (Å²) in [6.07, 6.45) is -4.21. The first kappa shape index (κ1) is 25.4. The van der Waals surface area contributed by atoms with Gasteiger partial charge in [0.05, 0.1) is 11.3 Å². The van der Waals surface area contributed by atoms with Gasteiger partial charge in [-0.3, -0.25) is 9.59 Å². The number of hydrogen-bond acceptors (Lipinski definition) is 5. The maximum Gasteiger partial charge on any atom is 0.471 e. The molecule has 176 valence electrons. The van der Waals surface area contributed by atoms with Crippen LogP contribution < -0.4 is 5.32 Å². The Morgan fingerprint density at radius 1 is 1.22 bits per heavy atom. The average Bonchev–Trinajstić information content (AvgIpc) is 2.68. The highest BCUT2D eigenvalue weighted by Gasteiger charge is 2.38. The Labute approximate surface area is 185 Å². The molecule has 6 nitrogen and oxygen atoms in total. The van der Waals surface area contributed by atoms with Crippen molar-refractivity contribution in [3.05, 3.63) is 45.2 Å². The molecule has 32 heavy (non-hydrogen) atoms. The van der Waals surface area contributed by atoms with Crippen LogP contribution in [0.15, 0.2) is 22.6 Å². The molecule has 1 atom stereocenters. The number of allylic oxidation sites excluding steroid dienone is 2. The zero-order valence-electron chi connectivity index (χ0n) is 18.9. The van der Waals surface area contributed by atoms with E-state index in [1.807, 2.05) is 25.2 Å². The van der Waals surface area contributed by atoms with Gasteiger partial charge in [-0.15, -0.1) is 0 Å². The smallest absolute Gasteiger partial charge is 0.471 e. The second-order valence-corrected chi connectivity index (χ2v) is 7.87. The van der Waals surface area contributed by atoms with Gasteiger partial charge in [0.25, 0.3) is 0 Å². The highest BCUT2D eigenvalue weighted by atomic mass is 19.4. The van der Waals surface area contributed by atoms with Crippen molar-refractivity contribution in [1.82, 2.24) is 5.32 Å². The van der Waals surface area contributed by atoms with Crippen LogP contribution in [0.4, 0.5) is 13.2 Å². The molecule has 0 spiro atoms. The number of nitrogens with one attached hydrogen (secondary N) is 1. The summed E-state index contributed by atoms with van der Waals surface area (Å²) < 4.78 is 37.7. The summed E-state index contributed by atoms with van der Waals surface area (Å²) in [5, 5.41) is 16.6. The lowest BCUT2D eigenvalue weighted by molar-refractivity contribution is -0.173. The van der Waals surface area contributed by atoms with E-state index in [1.54, 1.807) is 20.8 Å². The van der Waals surface area contributed by atoms with Crippen molar-refractivity contribution in [2.24, 2.45) is 5.16 Å². The fraction of sp³-hybridized carbons (Fsp3) is 0.522. The summed E-state index contributed by atoms with van der Waals surface area (Å²) in [6.45, 7) is 9.02. The predicted molar refractivity (Wildman–Crippen MR) is 115 cm³/mol. The normalized spacial score (nSPS) is 17.6. The van der Waals surface area contributed by atoms with E-state index < -0.39 is 12.1 Å². The van der Waals surface area contributed by atoms with Crippen molar-refractivity contribution in [2.75, 3.05) is 6.61 Å². The van der Waals surface area contributed by atoms with E-state index in [-0.39, 0.29) is 42.4 Å². The molecule has 1 amide bonds. The third-order valence-corrected chi connectivity index (χ3v) is 5.65. The van der Waals surface area contributed by atoms with Crippen LogP contribution in [-0.2, 0) is 21.0 Å². The van der Waals surface area contributed by atoms with E-state index in [0.717, 1.165) is 16.7 Å². The lowest BCUT2D eigenvalue weighted by Crippen LogP contribution is -2.36. The molecule has 0 fully saturated rings. The minimum Gasteiger partial charge on any atom is -0.511 e. The van der Waals surface area contributed by atoms with E-state index in [4.69, 9.17) is 4.84 Å². The van der Waals surface area contributed by atoms with Crippen molar-refractivity contribution < 1.29 is 32.7 Å². The SMILES string of the molecule is CCO/N=C(\CC)C1=C(O)CC(c2c(C)cc(C)c(CNC(=O)C(F)(F)F)c2C)CC1=O. The zero-order chi connectivity index (χ0) is 24.2. The average molecular weight is 454 g/mol. The lowest BCUT2D eigenvalue weighted by Gasteiger charge is -2.28. The number of alkyl halides is 3. The molecule has 1 aromatic carbocycles. The minimum atomic E-state index is -4.96. The topological polar surface area (TPSA) is 88.0 Å². The Hall–Kier alpha value is -2.84. The standard InChI is InChI=1S/C23H29F3N2O4/c1-6-17(28-32-7-2)21-18(29)9-15(10-19(21)30)20-13(4)8-12(3)16(14(20)5)11-27-22(31)23(24,25)26/h8,15,29H,6-7,9-11H2,1-5H3,(H,27,31)/b28-17+. The van der Waals surface area contributed by atoms with Gasteiger partial charge in [-0.2, -0.15) is 13.2 Å². The van der Waals surface area contributed by atoms with Gasteiger partial charge in [0.2, 0.25) is 0 Å². The number of carbonyl (C=O) groups excluding carboxylic acids is 2. The Bertz CT molecular complexity index is 965. The second kappa shape index (κ2) is 10.2. The summed E-state index contributed by atoms with van der Waals surface area (Å²) in [5.41, 5.74) is 4.25. The van der Waals surface area contributed by atoms with Crippen LogP contribution in [0.1, 0.15) is 66.8 Å². The van der Waals surface area contributed by atoms with Crippen molar-refractivity contribution in [3.63, 3.8) is 0 Å². The van der Waals surface area contributed by atoms with E-state index in [0.29, 0.717) is 29.9 Å². The molecule has 0 saturated heterocycles. The molecule has 2 N–H and O–H groups in total. The van der Waals surface area contributed by atoms with Crippen LogP contribution in [0.5, 0.6) is 0 Å². The quantitative estimate of drug-likeness (QED) is 0.455. The number of carbonyl (C=O) groups is 2. The number of aryl methyl sites for hydroxylation is 2. The van der Waals surface area contributed by atoms with Gasteiger partial charge in [-0.25, -0.2) is 0 Å². The number of hydrogen-bond donors (Lipinski definition) is 2. The van der Waals surface area contributed by atoms with Crippen LogP contribution in [0.3, 0.4) is 0 Å². The summed E-state index contributed by atoms with van der Waals surface area (Å²) >= 11 is 0. The van der Waals surface area contributed by atoms with Crippen LogP contribution in [0.2, 0.25) is 0 Å². The first-order valence-corrected chi connectivity index (χ1v) is 10.5. The molecule has 0 heterocycles. The Kier molecular flexibility index (Phi) is 8.09. The molecule has 1 unspecified atom stereocenters. The van der Waals surface area contributed by atoms with E-state index >= 15 is 0 Å². The number of Topliss-reactive ketones (excluding diaryl/α,β-unsaturated/α-hetero) is 1. The third kappa shape index (κ3) is 5.49. The Balaban J connectivity index is 2.40. The molecular formula is C23H29F3N2O4. The highest BCUT2D eigenvalue weighted by Crippen LogP contribution is 2.39. The van der Waals surface area contributed by atoms with E-state index in [2.05, 4.69) is 5.16 Å². The first-order valence-electron chi connectivity index (χ1n) is 10.5. The van der Waals surface area contributed by atoms with E-state index in [1.165, 1.54) is 0 Å². The molecule has 2 rings (SSSR count). The zero-order valence-corrected chi connectivity index (χ0v) is 18.9. The largest absolute Gasteiger partial charge is 0.511 e. The number of aliphatic hydroxyl groups excluding tert-OH is 1. The number of halogens is 3. The first-order chi connectivity index (χ1) is 14.9. The number of amides is 1. The molecule has 0 aliphatic heterocycles. The summed E-state index contributed by atoms with van der Waals surface area (Å²) in [7, 11) is 0. The molecule has 1 aromatic rings. The predicted octanol–water partition coefficient (Wildman–Crippen LogP) is 4.85. The minimum absolute atomic E-state index is 0.0714. The third-order valence-electron chi connectivity index (χ3n) is 5.65. The maximum absolute atomic E-state index is 12.9. The van der Waals surface area contributed by atoms with Crippen molar-refractivity contribution >= 4 is 17.4 Å². The molecule has 1 aliphatic carbocycles. The summed E-state index contributed by atoms with van der Waals surface area (Å²) in [4.78, 5) is 29.2. The number of aliphatic hydroxyl groups is 1. The molecule has 9 heteroatoms. The van der Waals surface area contributed by atoms with Crippen molar-refractivity contribution in [1.29, 1.82) is 0 Å². The van der Waals surface area contributed by atoms with Gasteiger partial charge >= 0.3 is 12.1 Å². The number of oxime groups is 1. The molecule has 1 aliphatic rings. The van der Waals surface area contributed by atoms with Crippen LogP contribution >= 0.6 is 0 Å². The molecule has 0 saturated carbocycles. The Morgan fingerprint density at radius 2 is 1.88 bits per heavy atom. The number of ketones is 1. The van der Waals surface area contributed by atoms with Gasteiger partial charge in [-0.05, 0) is 67.9 Å². The Morgan fingerprint density at radius 3 is 2.41 bits per heavy atom. The van der Waals surface area contributed by atoms with Gasteiger partial charge in [-0.1, -0.05) is 18.1 Å². The number of nitrogens with zero attached hydrogens (tertiary/aromatic N) is 1. The summed E-state index contributed by atoms with van der Waals surface area (Å²) in [6, 6.07) is 1.83. The van der Waals surface area contributed by atoms with Crippen LogP contribution in [0.25, 0.3) is 0 Å². The molecule has 0 radical (unpaired) electrons. The molecule has 0 bridgehead atoms. The lowest BCUT2D eigenvalue weighted by atomic mass is 9.76. The maximum atomic E-state index is 12.9. The van der Waals surface area contributed by atoms with Crippen molar-refractivity contribution in [2.45, 2.75) is 72.5 Å². The second-order valence-electron chi connectivity index (χ2n) is 7.87. The van der Waals surface area contributed by atoms with Crippen LogP contribution in [-0.4, -0.2) is 35.3 Å². The highest BCUT2D eigenvalue weighted by molar-refractivity contribution is 6.23. The van der Waals surface area contributed by atoms with Gasteiger partial charge in [0, 0.05) is 19.4 Å². The van der Waals surface area contributed by atoms with Crippen LogP contribution in [0, 0.1) is 20.8 Å². The number of rotatable bonds is 7. The van der Waals surface area contributed by atoms with Gasteiger partial charge in [0.15, 0.2) is 5.78 Å². The monoisotopic (exact) mass is 454 g/mol. The summed E-state index contributed by atoms with van der Waals surface area (Å²) in [5.74, 6) is -2.67.